The minimum absolute atomic E-state index is 0.0250. The highest BCUT2D eigenvalue weighted by Crippen LogP contribution is 2.55. The summed E-state index contributed by atoms with van der Waals surface area (Å²) in [4.78, 5) is 22.6. The molecule has 0 spiro atoms. The van der Waals surface area contributed by atoms with Crippen LogP contribution in [0.1, 0.15) is 38.5 Å². The van der Waals surface area contributed by atoms with Crippen molar-refractivity contribution in [3.8, 4) is 0 Å². The average molecular weight is 315 g/mol. The van der Waals surface area contributed by atoms with E-state index in [0.717, 1.165) is 37.0 Å². The van der Waals surface area contributed by atoms with Gasteiger partial charge in [-0.05, 0) is 68.4 Å². The molecule has 4 aliphatic carbocycles. The van der Waals surface area contributed by atoms with Crippen LogP contribution >= 0.6 is 0 Å². The molecule has 4 fully saturated rings. The maximum atomic E-state index is 12.4. The summed E-state index contributed by atoms with van der Waals surface area (Å²) >= 11 is 0. The van der Waals surface area contributed by atoms with Gasteiger partial charge < -0.3 is 10.6 Å². The summed E-state index contributed by atoms with van der Waals surface area (Å²) in [7, 11) is 0. The van der Waals surface area contributed by atoms with Crippen LogP contribution in [0.3, 0.4) is 0 Å². The molecule has 0 heterocycles. The minimum Gasteiger partial charge on any atom is -0.332 e. The van der Waals surface area contributed by atoms with Gasteiger partial charge in [-0.2, -0.15) is 0 Å². The van der Waals surface area contributed by atoms with Crippen LogP contribution in [0.25, 0.3) is 0 Å². The molecule has 122 valence electrons. The quantitative estimate of drug-likeness (QED) is 0.659. The van der Waals surface area contributed by atoms with Gasteiger partial charge in [0.25, 0.3) is 5.69 Å². The van der Waals surface area contributed by atoms with Crippen molar-refractivity contribution in [2.75, 3.05) is 5.32 Å². The Bertz CT molecular complexity index is 606. The molecule has 1 aromatic rings. The first-order chi connectivity index (χ1) is 11.0. The van der Waals surface area contributed by atoms with Crippen molar-refractivity contribution in [2.45, 2.75) is 44.1 Å². The van der Waals surface area contributed by atoms with Gasteiger partial charge in [-0.1, -0.05) is 0 Å². The highest BCUT2D eigenvalue weighted by atomic mass is 16.6. The van der Waals surface area contributed by atoms with Crippen molar-refractivity contribution < 1.29 is 9.72 Å². The Morgan fingerprint density at radius 1 is 1.04 bits per heavy atom. The smallest absolute Gasteiger partial charge is 0.319 e. The number of hydrogen-bond donors (Lipinski definition) is 2. The molecule has 6 heteroatoms. The van der Waals surface area contributed by atoms with Crippen LogP contribution in [0, 0.1) is 27.9 Å². The van der Waals surface area contributed by atoms with Crippen molar-refractivity contribution in [1.29, 1.82) is 0 Å². The second-order valence-corrected chi connectivity index (χ2v) is 7.58. The molecule has 0 unspecified atom stereocenters. The molecule has 4 aliphatic rings. The maximum absolute atomic E-state index is 12.4. The van der Waals surface area contributed by atoms with Crippen molar-refractivity contribution in [1.82, 2.24) is 5.32 Å². The normalized spacial score (nSPS) is 34.2. The number of anilines is 1. The Balaban J connectivity index is 1.41. The first-order valence-electron chi connectivity index (χ1n) is 8.35. The minimum atomic E-state index is -0.445. The van der Waals surface area contributed by atoms with Crippen LogP contribution in [0.4, 0.5) is 16.2 Å². The fourth-order valence-corrected chi connectivity index (χ4v) is 5.33. The summed E-state index contributed by atoms with van der Waals surface area (Å²) in [6.45, 7) is 0. The monoisotopic (exact) mass is 315 g/mol. The molecule has 2 N–H and O–H groups in total. The highest BCUT2D eigenvalue weighted by molar-refractivity contribution is 5.89. The third-order valence-electron chi connectivity index (χ3n) is 5.75. The van der Waals surface area contributed by atoms with Gasteiger partial charge in [0.1, 0.15) is 0 Å². The third-order valence-corrected chi connectivity index (χ3v) is 5.75. The molecule has 23 heavy (non-hydrogen) atoms. The molecular formula is C17H21N3O3. The van der Waals surface area contributed by atoms with E-state index in [1.807, 2.05) is 0 Å². The van der Waals surface area contributed by atoms with Gasteiger partial charge in [-0.25, -0.2) is 4.79 Å². The Kier molecular flexibility index (Phi) is 3.28. The van der Waals surface area contributed by atoms with Crippen LogP contribution in [-0.4, -0.2) is 16.5 Å². The molecule has 0 saturated heterocycles. The van der Waals surface area contributed by atoms with E-state index in [4.69, 9.17) is 0 Å². The van der Waals surface area contributed by atoms with Crippen LogP contribution in [0.5, 0.6) is 0 Å². The number of hydrogen-bond acceptors (Lipinski definition) is 3. The number of urea groups is 1. The summed E-state index contributed by atoms with van der Waals surface area (Å²) in [5.41, 5.74) is 0.578. The third kappa shape index (κ3) is 2.78. The van der Waals surface area contributed by atoms with E-state index < -0.39 is 4.92 Å². The second-order valence-electron chi connectivity index (χ2n) is 7.58. The molecule has 0 aromatic heterocycles. The van der Waals surface area contributed by atoms with Crippen LogP contribution < -0.4 is 10.6 Å². The summed E-state index contributed by atoms with van der Waals surface area (Å²) in [6, 6.07) is 5.75. The van der Waals surface area contributed by atoms with Crippen LogP contribution in [-0.2, 0) is 0 Å². The van der Waals surface area contributed by atoms with Gasteiger partial charge in [-0.15, -0.1) is 0 Å². The number of amides is 2. The molecule has 0 aliphatic heterocycles. The zero-order valence-corrected chi connectivity index (χ0v) is 13.0. The molecule has 5 rings (SSSR count). The number of rotatable bonds is 3. The zero-order valence-electron chi connectivity index (χ0n) is 13.0. The van der Waals surface area contributed by atoms with Gasteiger partial charge in [0.05, 0.1) is 4.92 Å². The molecule has 0 radical (unpaired) electrons. The van der Waals surface area contributed by atoms with E-state index in [1.54, 1.807) is 12.1 Å². The molecular weight excluding hydrogens is 294 g/mol. The molecule has 2 amide bonds. The Hall–Kier alpha value is -2.11. The number of non-ortho nitro benzene ring substituents is 1. The van der Waals surface area contributed by atoms with E-state index in [9.17, 15) is 14.9 Å². The lowest BCUT2D eigenvalue weighted by Crippen LogP contribution is -2.60. The van der Waals surface area contributed by atoms with Crippen LogP contribution in [0.15, 0.2) is 24.3 Å². The van der Waals surface area contributed by atoms with Gasteiger partial charge in [-0.3, -0.25) is 10.1 Å². The first kappa shape index (κ1) is 14.5. The van der Waals surface area contributed by atoms with E-state index in [1.165, 1.54) is 31.4 Å². The van der Waals surface area contributed by atoms with Crippen molar-refractivity contribution in [3.63, 3.8) is 0 Å². The predicted octanol–water partition coefficient (Wildman–Crippen LogP) is 3.69. The fraction of sp³-hybridized carbons (Fsp3) is 0.588. The van der Waals surface area contributed by atoms with Crippen molar-refractivity contribution in [2.24, 2.45) is 17.8 Å². The van der Waals surface area contributed by atoms with Crippen molar-refractivity contribution >= 4 is 17.4 Å². The number of carbonyl (C=O) groups is 1. The Morgan fingerprint density at radius 3 is 2.04 bits per heavy atom. The van der Waals surface area contributed by atoms with Gasteiger partial charge >= 0.3 is 6.03 Å². The SMILES string of the molecule is O=C(Nc1ccc([N+](=O)[O-])cc1)NC12CC3CC(CC(C3)C1)C2. The van der Waals surface area contributed by atoms with Gasteiger partial charge in [0, 0.05) is 23.4 Å². The second kappa shape index (κ2) is 5.22. The van der Waals surface area contributed by atoms with E-state index in [0.29, 0.717) is 5.69 Å². The summed E-state index contributed by atoms with van der Waals surface area (Å²) < 4.78 is 0. The first-order valence-corrected chi connectivity index (χ1v) is 8.35. The summed E-state index contributed by atoms with van der Waals surface area (Å²) in [5.74, 6) is 2.34. The Morgan fingerprint density at radius 2 is 1.57 bits per heavy atom. The van der Waals surface area contributed by atoms with Crippen molar-refractivity contribution in [3.05, 3.63) is 34.4 Å². The predicted molar refractivity (Wildman–Crippen MR) is 86.2 cm³/mol. The Labute approximate surface area is 134 Å². The number of nitro groups is 1. The zero-order chi connectivity index (χ0) is 16.0. The lowest BCUT2D eigenvalue weighted by atomic mass is 9.53. The number of nitrogens with zero attached hydrogens (tertiary/aromatic N) is 1. The van der Waals surface area contributed by atoms with E-state index in [2.05, 4.69) is 10.6 Å². The number of carbonyl (C=O) groups excluding carboxylic acids is 1. The molecule has 1 aromatic carbocycles. The highest BCUT2D eigenvalue weighted by Gasteiger charge is 2.51. The lowest BCUT2D eigenvalue weighted by molar-refractivity contribution is -0.384. The van der Waals surface area contributed by atoms with Gasteiger partial charge in [0.2, 0.25) is 0 Å². The molecule has 6 nitrogen and oxygen atoms in total. The fourth-order valence-electron chi connectivity index (χ4n) is 5.33. The van der Waals surface area contributed by atoms with E-state index >= 15 is 0 Å². The van der Waals surface area contributed by atoms with Gasteiger partial charge in [0.15, 0.2) is 0 Å². The number of benzene rings is 1. The van der Waals surface area contributed by atoms with Crippen LogP contribution in [0.2, 0.25) is 0 Å². The van der Waals surface area contributed by atoms with E-state index in [-0.39, 0.29) is 17.3 Å². The molecule has 0 atom stereocenters. The average Bonchev–Trinajstić information content (AvgIpc) is 2.45. The number of nitro benzene ring substituents is 1. The largest absolute Gasteiger partial charge is 0.332 e. The maximum Gasteiger partial charge on any atom is 0.319 e. The summed E-state index contributed by atoms with van der Waals surface area (Å²) in [6.07, 6.45) is 7.33. The lowest BCUT2D eigenvalue weighted by Gasteiger charge is -2.56. The topological polar surface area (TPSA) is 84.3 Å². The summed E-state index contributed by atoms with van der Waals surface area (Å²) in [5, 5.41) is 16.7. The molecule has 4 bridgehead atoms. The molecule has 4 saturated carbocycles. The number of nitrogens with one attached hydrogen (secondary N) is 2. The standard InChI is InChI=1S/C17H21N3O3/c21-16(18-14-1-3-15(4-2-14)20(22)23)19-17-8-11-5-12(9-17)7-13(6-11)10-17/h1-4,11-13H,5-10H2,(H2,18,19,21).